The van der Waals surface area contributed by atoms with E-state index in [1.165, 1.54) is 25.7 Å². The Morgan fingerprint density at radius 1 is 1.40 bits per heavy atom. The second-order valence-corrected chi connectivity index (χ2v) is 5.10. The molecule has 0 aromatic rings. The lowest BCUT2D eigenvalue weighted by Crippen LogP contribution is -2.53. The lowest BCUT2D eigenvalue weighted by atomic mass is 9.84. The van der Waals surface area contributed by atoms with Crippen LogP contribution in [0.1, 0.15) is 39.5 Å². The third-order valence-electron chi connectivity index (χ3n) is 3.91. The van der Waals surface area contributed by atoms with E-state index in [1.54, 1.807) is 0 Å². The van der Waals surface area contributed by atoms with Crippen molar-refractivity contribution in [3.8, 4) is 0 Å². The summed E-state index contributed by atoms with van der Waals surface area (Å²) in [5.74, 6) is 0.733. The summed E-state index contributed by atoms with van der Waals surface area (Å²) in [5, 5.41) is 9.36. The first-order valence-electron chi connectivity index (χ1n) is 6.16. The maximum Gasteiger partial charge on any atom is 0.0601 e. The molecule has 1 rings (SSSR count). The smallest absolute Gasteiger partial charge is 0.0601 e. The highest BCUT2D eigenvalue weighted by atomic mass is 16.3. The van der Waals surface area contributed by atoms with E-state index in [-0.39, 0.29) is 18.7 Å². The van der Waals surface area contributed by atoms with Crippen LogP contribution in [-0.4, -0.2) is 41.8 Å². The summed E-state index contributed by atoms with van der Waals surface area (Å²) in [4.78, 5) is 2.30. The highest BCUT2D eigenvalue weighted by Gasteiger charge is 2.30. The summed E-state index contributed by atoms with van der Waals surface area (Å²) in [5.41, 5.74) is 5.90. The van der Waals surface area contributed by atoms with Crippen molar-refractivity contribution in [1.82, 2.24) is 4.90 Å². The van der Waals surface area contributed by atoms with Crippen LogP contribution in [0, 0.1) is 5.92 Å². The molecule has 1 fully saturated rings. The second kappa shape index (κ2) is 5.83. The molecule has 0 amide bonds. The predicted molar refractivity (Wildman–Crippen MR) is 63.7 cm³/mol. The molecule has 4 unspecified atom stereocenters. The minimum atomic E-state index is 0.0362. The van der Waals surface area contributed by atoms with Crippen LogP contribution in [0.5, 0.6) is 0 Å². The van der Waals surface area contributed by atoms with Crippen molar-refractivity contribution < 1.29 is 5.11 Å². The van der Waals surface area contributed by atoms with Gasteiger partial charge in [0.25, 0.3) is 0 Å². The number of aliphatic hydroxyl groups excluding tert-OH is 1. The summed E-state index contributed by atoms with van der Waals surface area (Å²) >= 11 is 0. The van der Waals surface area contributed by atoms with E-state index >= 15 is 0 Å². The summed E-state index contributed by atoms with van der Waals surface area (Å²) in [6.07, 6.45) is 5.23. The number of nitrogens with two attached hydrogens (primary N) is 1. The van der Waals surface area contributed by atoms with Crippen LogP contribution in [0.2, 0.25) is 0 Å². The lowest BCUT2D eigenvalue weighted by Gasteiger charge is -2.41. The zero-order chi connectivity index (χ0) is 11.4. The first-order chi connectivity index (χ1) is 7.07. The number of rotatable bonds is 4. The van der Waals surface area contributed by atoms with Crippen LogP contribution in [0.4, 0.5) is 0 Å². The Morgan fingerprint density at radius 3 is 2.47 bits per heavy atom. The van der Waals surface area contributed by atoms with E-state index in [0.717, 1.165) is 5.92 Å². The van der Waals surface area contributed by atoms with Gasteiger partial charge in [-0.15, -0.1) is 0 Å². The normalized spacial score (nSPS) is 31.6. The van der Waals surface area contributed by atoms with E-state index in [9.17, 15) is 5.11 Å². The molecule has 0 bridgehead atoms. The van der Waals surface area contributed by atoms with Gasteiger partial charge in [0.1, 0.15) is 0 Å². The molecule has 0 aliphatic heterocycles. The first-order valence-corrected chi connectivity index (χ1v) is 6.16. The van der Waals surface area contributed by atoms with E-state index < -0.39 is 0 Å². The minimum Gasteiger partial charge on any atom is -0.395 e. The van der Waals surface area contributed by atoms with Gasteiger partial charge in [0, 0.05) is 18.1 Å². The highest BCUT2D eigenvalue weighted by Crippen LogP contribution is 2.28. The minimum absolute atomic E-state index is 0.0362. The van der Waals surface area contributed by atoms with Crippen molar-refractivity contribution in [3.05, 3.63) is 0 Å². The fourth-order valence-corrected chi connectivity index (χ4v) is 2.81. The van der Waals surface area contributed by atoms with Crippen molar-refractivity contribution in [2.24, 2.45) is 11.7 Å². The Hall–Kier alpha value is -0.120. The molecular formula is C12H26N2O. The molecule has 0 heterocycles. The van der Waals surface area contributed by atoms with Gasteiger partial charge >= 0.3 is 0 Å². The number of aliphatic hydroxyl groups is 1. The molecule has 1 aliphatic rings. The molecule has 0 aromatic heterocycles. The molecule has 3 N–H and O–H groups in total. The van der Waals surface area contributed by atoms with Gasteiger partial charge in [0.15, 0.2) is 0 Å². The molecule has 3 nitrogen and oxygen atoms in total. The van der Waals surface area contributed by atoms with Gasteiger partial charge in [-0.2, -0.15) is 0 Å². The number of nitrogens with zero attached hydrogens (tertiary/aromatic N) is 1. The third-order valence-corrected chi connectivity index (χ3v) is 3.91. The second-order valence-electron chi connectivity index (χ2n) is 5.10. The van der Waals surface area contributed by atoms with Crippen LogP contribution < -0.4 is 5.73 Å². The molecule has 4 atom stereocenters. The fraction of sp³-hybridized carbons (Fsp3) is 1.00. The third kappa shape index (κ3) is 3.16. The number of hydrogen-bond donors (Lipinski definition) is 2. The molecule has 15 heavy (non-hydrogen) atoms. The van der Waals surface area contributed by atoms with Gasteiger partial charge in [0.05, 0.1) is 6.61 Å². The van der Waals surface area contributed by atoms with Gasteiger partial charge in [-0.05, 0) is 32.7 Å². The molecule has 3 heteroatoms. The Kier molecular flexibility index (Phi) is 5.03. The molecule has 1 saturated carbocycles. The first kappa shape index (κ1) is 12.9. The summed E-state index contributed by atoms with van der Waals surface area (Å²) in [7, 11) is 2.11. The summed E-state index contributed by atoms with van der Waals surface area (Å²) in [6.45, 7) is 4.46. The predicted octanol–water partition coefficient (Wildman–Crippen LogP) is 1.20. The zero-order valence-corrected chi connectivity index (χ0v) is 10.3. The summed E-state index contributed by atoms with van der Waals surface area (Å²) < 4.78 is 0. The average Bonchev–Trinajstić information content (AvgIpc) is 2.18. The lowest BCUT2D eigenvalue weighted by molar-refractivity contribution is 0.0530. The van der Waals surface area contributed by atoms with E-state index in [1.807, 2.05) is 6.92 Å². The van der Waals surface area contributed by atoms with Gasteiger partial charge < -0.3 is 10.8 Å². The van der Waals surface area contributed by atoms with Crippen LogP contribution in [-0.2, 0) is 0 Å². The van der Waals surface area contributed by atoms with Crippen molar-refractivity contribution in [3.63, 3.8) is 0 Å². The van der Waals surface area contributed by atoms with Crippen LogP contribution >= 0.6 is 0 Å². The van der Waals surface area contributed by atoms with Gasteiger partial charge in [-0.1, -0.05) is 19.8 Å². The maximum atomic E-state index is 9.36. The largest absolute Gasteiger partial charge is 0.395 e. The Labute approximate surface area is 93.6 Å². The van der Waals surface area contributed by atoms with Crippen molar-refractivity contribution >= 4 is 0 Å². The van der Waals surface area contributed by atoms with Crippen LogP contribution in [0.3, 0.4) is 0 Å². The van der Waals surface area contributed by atoms with Crippen LogP contribution in [0.25, 0.3) is 0 Å². The van der Waals surface area contributed by atoms with Gasteiger partial charge in [-0.25, -0.2) is 0 Å². The molecule has 1 aliphatic carbocycles. The molecule has 0 saturated heterocycles. The van der Waals surface area contributed by atoms with Crippen LogP contribution in [0.15, 0.2) is 0 Å². The van der Waals surface area contributed by atoms with E-state index in [4.69, 9.17) is 5.73 Å². The average molecular weight is 214 g/mol. The maximum absolute atomic E-state index is 9.36. The quantitative estimate of drug-likeness (QED) is 0.739. The van der Waals surface area contributed by atoms with Crippen molar-refractivity contribution in [2.75, 3.05) is 13.7 Å². The zero-order valence-electron chi connectivity index (χ0n) is 10.3. The Bertz CT molecular complexity index is 184. The molecular weight excluding hydrogens is 188 g/mol. The van der Waals surface area contributed by atoms with Crippen molar-refractivity contribution in [2.45, 2.75) is 57.7 Å². The van der Waals surface area contributed by atoms with Gasteiger partial charge in [-0.3, -0.25) is 4.90 Å². The molecule has 0 radical (unpaired) electrons. The monoisotopic (exact) mass is 214 g/mol. The number of likely N-dealkylation sites (N-methyl/N-ethyl adjacent to an activating group) is 1. The van der Waals surface area contributed by atoms with Gasteiger partial charge in [0.2, 0.25) is 0 Å². The SMILES string of the molecule is CC(N)C(CO)N(C)C1CCCCC1C. The molecule has 90 valence electrons. The Balaban J connectivity index is 2.59. The number of hydrogen-bond acceptors (Lipinski definition) is 3. The van der Waals surface area contributed by atoms with E-state index in [2.05, 4.69) is 18.9 Å². The Morgan fingerprint density at radius 2 is 2.00 bits per heavy atom. The van der Waals surface area contributed by atoms with E-state index in [0.29, 0.717) is 6.04 Å². The molecule has 0 spiro atoms. The topological polar surface area (TPSA) is 49.5 Å². The molecule has 0 aromatic carbocycles. The van der Waals surface area contributed by atoms with Crippen molar-refractivity contribution in [1.29, 1.82) is 0 Å². The summed E-state index contributed by atoms with van der Waals surface area (Å²) in [6, 6.07) is 0.742. The standard InChI is InChI=1S/C12H26N2O/c1-9-6-4-5-7-11(9)14(3)12(8-15)10(2)13/h9-12,15H,4-8,13H2,1-3H3. The fourth-order valence-electron chi connectivity index (χ4n) is 2.81. The highest BCUT2D eigenvalue weighted by molar-refractivity contribution is 4.86.